The van der Waals surface area contributed by atoms with E-state index >= 15 is 0 Å². The Morgan fingerprint density at radius 2 is 1.65 bits per heavy atom. The van der Waals surface area contributed by atoms with Gasteiger partial charge in [-0.15, -0.1) is 0 Å². The number of ether oxygens (including phenoxy) is 1. The molecule has 1 rings (SSSR count). The maximum absolute atomic E-state index is 11.1. The normalized spacial score (nSPS) is 11.9. The van der Waals surface area contributed by atoms with Crippen molar-refractivity contribution < 1.29 is 14.6 Å². The standard InChI is InChI=1S/C13H18N2O5/c1-4-6-20-13-11(14(16)17)7-10(9(3)5-2)8-12(13)15(18)19/h7-9H,4-6H2,1-3H3. The van der Waals surface area contributed by atoms with Gasteiger partial charge in [-0.05, 0) is 24.3 Å². The van der Waals surface area contributed by atoms with E-state index in [1.807, 2.05) is 20.8 Å². The average Bonchev–Trinajstić information content (AvgIpc) is 2.42. The summed E-state index contributed by atoms with van der Waals surface area (Å²) < 4.78 is 5.23. The molecule has 0 fully saturated rings. The van der Waals surface area contributed by atoms with Crippen molar-refractivity contribution in [2.75, 3.05) is 6.61 Å². The molecule has 7 heteroatoms. The molecule has 20 heavy (non-hydrogen) atoms. The number of hydrogen-bond acceptors (Lipinski definition) is 5. The van der Waals surface area contributed by atoms with Crippen LogP contribution in [0.5, 0.6) is 5.75 Å². The summed E-state index contributed by atoms with van der Waals surface area (Å²) in [6, 6.07) is 2.73. The molecular weight excluding hydrogens is 264 g/mol. The number of hydrogen-bond donors (Lipinski definition) is 0. The van der Waals surface area contributed by atoms with E-state index in [9.17, 15) is 20.2 Å². The predicted octanol–water partition coefficient (Wildman–Crippen LogP) is 3.81. The lowest BCUT2D eigenvalue weighted by Crippen LogP contribution is -2.05. The van der Waals surface area contributed by atoms with Crippen LogP contribution in [0, 0.1) is 20.2 Å². The minimum absolute atomic E-state index is 0.00706. The second kappa shape index (κ2) is 6.83. The first-order valence-corrected chi connectivity index (χ1v) is 6.51. The van der Waals surface area contributed by atoms with E-state index < -0.39 is 9.85 Å². The van der Waals surface area contributed by atoms with Crippen molar-refractivity contribution in [1.82, 2.24) is 0 Å². The van der Waals surface area contributed by atoms with Crippen LogP contribution in [0.25, 0.3) is 0 Å². The molecule has 1 atom stereocenters. The summed E-state index contributed by atoms with van der Waals surface area (Å²) in [6.45, 7) is 5.81. The summed E-state index contributed by atoms with van der Waals surface area (Å²) in [5.74, 6) is -0.249. The van der Waals surface area contributed by atoms with Gasteiger partial charge in [0.25, 0.3) is 5.75 Å². The zero-order valence-electron chi connectivity index (χ0n) is 11.8. The van der Waals surface area contributed by atoms with Crippen LogP contribution in [0.4, 0.5) is 11.4 Å². The third kappa shape index (κ3) is 3.43. The maximum atomic E-state index is 11.1. The fraction of sp³-hybridized carbons (Fsp3) is 0.538. The van der Waals surface area contributed by atoms with E-state index in [1.54, 1.807) is 0 Å². The highest BCUT2D eigenvalue weighted by molar-refractivity contribution is 5.62. The Morgan fingerprint density at radius 1 is 1.15 bits per heavy atom. The average molecular weight is 282 g/mol. The van der Waals surface area contributed by atoms with Gasteiger partial charge in [-0.1, -0.05) is 20.8 Å². The summed E-state index contributed by atoms with van der Waals surface area (Å²) in [4.78, 5) is 21.0. The second-order valence-corrected chi connectivity index (χ2v) is 4.56. The zero-order valence-corrected chi connectivity index (χ0v) is 11.8. The van der Waals surface area contributed by atoms with E-state index in [2.05, 4.69) is 0 Å². The van der Waals surface area contributed by atoms with Gasteiger partial charge in [0, 0.05) is 12.1 Å². The first kappa shape index (κ1) is 15.9. The van der Waals surface area contributed by atoms with Crippen LogP contribution in [0.3, 0.4) is 0 Å². The molecule has 0 aliphatic heterocycles. The summed E-state index contributed by atoms with van der Waals surface area (Å²) in [5, 5.41) is 22.3. The fourth-order valence-corrected chi connectivity index (χ4v) is 1.76. The Bertz CT molecular complexity index is 480. The van der Waals surface area contributed by atoms with Gasteiger partial charge in [0.1, 0.15) is 0 Å². The third-order valence-electron chi connectivity index (χ3n) is 3.10. The summed E-state index contributed by atoms with van der Waals surface area (Å²) in [7, 11) is 0. The van der Waals surface area contributed by atoms with Crippen LogP contribution >= 0.6 is 0 Å². The highest BCUT2D eigenvalue weighted by Gasteiger charge is 2.29. The van der Waals surface area contributed by atoms with Crippen LogP contribution in [-0.2, 0) is 0 Å². The van der Waals surface area contributed by atoms with E-state index in [-0.39, 0.29) is 29.6 Å². The summed E-state index contributed by atoms with van der Waals surface area (Å²) in [5.41, 5.74) is -0.111. The molecule has 0 aromatic heterocycles. The molecule has 0 saturated heterocycles. The lowest BCUT2D eigenvalue weighted by atomic mass is 9.97. The van der Waals surface area contributed by atoms with Gasteiger partial charge in [-0.25, -0.2) is 0 Å². The van der Waals surface area contributed by atoms with Crippen LogP contribution in [0.1, 0.15) is 45.1 Å². The van der Waals surface area contributed by atoms with Gasteiger partial charge in [0.2, 0.25) is 0 Å². The van der Waals surface area contributed by atoms with Crippen molar-refractivity contribution in [3.8, 4) is 5.75 Å². The van der Waals surface area contributed by atoms with Gasteiger partial charge in [0.15, 0.2) is 0 Å². The molecule has 1 unspecified atom stereocenters. The molecule has 0 N–H and O–H groups in total. The molecule has 0 saturated carbocycles. The molecule has 0 aliphatic carbocycles. The Morgan fingerprint density at radius 3 is 2.00 bits per heavy atom. The number of nitro benzene ring substituents is 2. The van der Waals surface area contributed by atoms with Gasteiger partial charge in [-0.3, -0.25) is 20.2 Å². The van der Waals surface area contributed by atoms with Crippen molar-refractivity contribution in [2.45, 2.75) is 39.5 Å². The first-order chi connectivity index (χ1) is 9.42. The molecule has 0 amide bonds. The lowest BCUT2D eigenvalue weighted by molar-refractivity contribution is -0.396. The lowest BCUT2D eigenvalue weighted by Gasteiger charge is -2.12. The Balaban J connectivity index is 3.46. The summed E-state index contributed by atoms with van der Waals surface area (Å²) in [6.07, 6.45) is 1.35. The molecule has 7 nitrogen and oxygen atoms in total. The van der Waals surface area contributed by atoms with Crippen LogP contribution in [0.2, 0.25) is 0 Å². The molecule has 0 bridgehead atoms. The van der Waals surface area contributed by atoms with Crippen molar-refractivity contribution >= 4 is 11.4 Å². The third-order valence-corrected chi connectivity index (χ3v) is 3.10. The van der Waals surface area contributed by atoms with Gasteiger partial charge < -0.3 is 4.74 Å². The Kier molecular flexibility index (Phi) is 5.42. The molecule has 0 aliphatic rings. The Hall–Kier alpha value is -2.18. The van der Waals surface area contributed by atoms with Crippen LogP contribution in [0.15, 0.2) is 12.1 Å². The molecule has 0 radical (unpaired) electrons. The fourth-order valence-electron chi connectivity index (χ4n) is 1.76. The van der Waals surface area contributed by atoms with Crippen molar-refractivity contribution in [1.29, 1.82) is 0 Å². The monoisotopic (exact) mass is 282 g/mol. The smallest absolute Gasteiger partial charge is 0.318 e. The molecule has 1 aromatic rings. The minimum atomic E-state index is -0.635. The minimum Gasteiger partial charge on any atom is -0.482 e. The Labute approximate surface area is 116 Å². The second-order valence-electron chi connectivity index (χ2n) is 4.56. The SMILES string of the molecule is CCCOc1c([N+](=O)[O-])cc(C(C)CC)cc1[N+](=O)[O-]. The van der Waals surface area contributed by atoms with E-state index in [4.69, 9.17) is 4.74 Å². The van der Waals surface area contributed by atoms with Crippen molar-refractivity contribution in [3.05, 3.63) is 37.9 Å². The van der Waals surface area contributed by atoms with E-state index in [0.29, 0.717) is 12.0 Å². The predicted molar refractivity (Wildman–Crippen MR) is 74.2 cm³/mol. The molecule has 110 valence electrons. The zero-order chi connectivity index (χ0) is 15.3. The van der Waals surface area contributed by atoms with Gasteiger partial charge >= 0.3 is 11.4 Å². The number of rotatable bonds is 7. The van der Waals surface area contributed by atoms with Gasteiger partial charge in [0.05, 0.1) is 16.5 Å². The quantitative estimate of drug-likeness (QED) is 0.559. The van der Waals surface area contributed by atoms with Crippen molar-refractivity contribution in [2.24, 2.45) is 0 Å². The number of nitrogens with zero attached hydrogens (tertiary/aromatic N) is 2. The van der Waals surface area contributed by atoms with Crippen molar-refractivity contribution in [3.63, 3.8) is 0 Å². The molecule has 1 aromatic carbocycles. The largest absolute Gasteiger partial charge is 0.482 e. The topological polar surface area (TPSA) is 95.5 Å². The highest BCUT2D eigenvalue weighted by Crippen LogP contribution is 2.40. The maximum Gasteiger partial charge on any atom is 0.318 e. The highest BCUT2D eigenvalue weighted by atomic mass is 16.6. The molecule has 0 spiro atoms. The number of benzene rings is 1. The van der Waals surface area contributed by atoms with Crippen LogP contribution < -0.4 is 4.74 Å². The van der Waals surface area contributed by atoms with E-state index in [0.717, 1.165) is 6.42 Å². The number of nitro groups is 2. The summed E-state index contributed by atoms with van der Waals surface area (Å²) >= 11 is 0. The van der Waals surface area contributed by atoms with Gasteiger partial charge in [-0.2, -0.15) is 0 Å². The first-order valence-electron chi connectivity index (χ1n) is 6.51. The molecule has 0 heterocycles. The van der Waals surface area contributed by atoms with E-state index in [1.165, 1.54) is 12.1 Å². The molecular formula is C13H18N2O5. The van der Waals surface area contributed by atoms with Crippen LogP contribution in [-0.4, -0.2) is 16.5 Å².